The third kappa shape index (κ3) is 7.67. The summed E-state index contributed by atoms with van der Waals surface area (Å²) in [6.07, 6.45) is 5.20. The van der Waals surface area contributed by atoms with Crippen LogP contribution in [0.3, 0.4) is 0 Å². The maximum Gasteiger partial charge on any atom is 0.335 e. The Morgan fingerprint density at radius 2 is 1.66 bits per heavy atom. The van der Waals surface area contributed by atoms with Crippen molar-refractivity contribution in [3.8, 4) is 0 Å². The smallest absolute Gasteiger partial charge is 0.335 e. The van der Waals surface area contributed by atoms with Crippen LogP contribution in [0.2, 0.25) is 0 Å². The molecule has 1 atom stereocenters. The largest absolute Gasteiger partial charge is 0.478 e. The van der Waals surface area contributed by atoms with E-state index in [1.807, 2.05) is 24.5 Å². The van der Waals surface area contributed by atoms with E-state index in [-0.39, 0.29) is 23.4 Å². The van der Waals surface area contributed by atoms with Gasteiger partial charge in [0.25, 0.3) is 0 Å². The molecule has 1 saturated carbocycles. The van der Waals surface area contributed by atoms with Crippen molar-refractivity contribution >= 4 is 35.5 Å². The molecule has 4 rings (SSSR count). The van der Waals surface area contributed by atoms with Crippen molar-refractivity contribution in [1.29, 1.82) is 0 Å². The lowest BCUT2D eigenvalue weighted by Crippen LogP contribution is -2.36. The van der Waals surface area contributed by atoms with Gasteiger partial charge in [0.05, 0.1) is 5.56 Å². The molecule has 0 bridgehead atoms. The summed E-state index contributed by atoms with van der Waals surface area (Å²) in [4.78, 5) is 37.3. The van der Waals surface area contributed by atoms with E-state index >= 15 is 0 Å². The van der Waals surface area contributed by atoms with Gasteiger partial charge in [-0.3, -0.25) is 4.79 Å². The first kappa shape index (κ1) is 27.4. The summed E-state index contributed by atoms with van der Waals surface area (Å²) in [7, 11) is 0. The van der Waals surface area contributed by atoms with Crippen molar-refractivity contribution < 1.29 is 14.7 Å². The van der Waals surface area contributed by atoms with E-state index in [0.29, 0.717) is 36.1 Å². The molecule has 0 aliphatic heterocycles. The van der Waals surface area contributed by atoms with Crippen molar-refractivity contribution in [3.05, 3.63) is 71.3 Å². The number of thioether (sulfide) groups is 1. The molecule has 1 unspecified atom stereocenters. The highest BCUT2D eigenvalue weighted by atomic mass is 32.2. The predicted octanol–water partition coefficient (Wildman–Crippen LogP) is 4.79. The van der Waals surface area contributed by atoms with Crippen molar-refractivity contribution in [1.82, 2.24) is 20.3 Å². The van der Waals surface area contributed by atoms with Gasteiger partial charge in [-0.25, -0.2) is 4.79 Å². The summed E-state index contributed by atoms with van der Waals surface area (Å²) in [5, 5.41) is 19.5. The number of hydrogen-bond donors (Lipinski definition) is 4. The highest BCUT2D eigenvalue weighted by Gasteiger charge is 2.27. The van der Waals surface area contributed by atoms with Gasteiger partial charge >= 0.3 is 5.97 Å². The Morgan fingerprint density at radius 3 is 2.32 bits per heavy atom. The molecule has 4 N–H and O–H groups in total. The minimum Gasteiger partial charge on any atom is -0.478 e. The normalized spacial score (nSPS) is 17.8. The van der Waals surface area contributed by atoms with Gasteiger partial charge in [0, 0.05) is 25.0 Å². The Kier molecular flexibility index (Phi) is 9.53. The van der Waals surface area contributed by atoms with Gasteiger partial charge in [0.15, 0.2) is 5.16 Å². The molecule has 200 valence electrons. The minimum atomic E-state index is -0.960. The molecule has 1 aromatic heterocycles. The van der Waals surface area contributed by atoms with Gasteiger partial charge in [-0.2, -0.15) is 15.0 Å². The van der Waals surface area contributed by atoms with Crippen molar-refractivity contribution in [3.63, 3.8) is 0 Å². The molecule has 0 saturated heterocycles. The minimum absolute atomic E-state index is 0.0367. The third-order valence-corrected chi connectivity index (χ3v) is 7.38. The van der Waals surface area contributed by atoms with Crippen LogP contribution < -0.4 is 16.0 Å². The third-order valence-electron chi connectivity index (χ3n) is 6.83. The summed E-state index contributed by atoms with van der Waals surface area (Å²) in [6, 6.07) is 17.1. The molecule has 1 amide bonds. The number of anilines is 2. The Labute approximate surface area is 227 Å². The summed E-state index contributed by atoms with van der Waals surface area (Å²) >= 11 is 1.48. The zero-order valence-corrected chi connectivity index (χ0v) is 22.5. The zero-order chi connectivity index (χ0) is 26.9. The second-order valence-electron chi connectivity index (χ2n) is 9.57. The van der Waals surface area contributed by atoms with E-state index in [1.165, 1.54) is 17.3 Å². The van der Waals surface area contributed by atoms with Crippen molar-refractivity contribution in [2.24, 2.45) is 5.92 Å². The van der Waals surface area contributed by atoms with Gasteiger partial charge in [-0.1, -0.05) is 61.2 Å². The van der Waals surface area contributed by atoms with E-state index in [9.17, 15) is 9.59 Å². The van der Waals surface area contributed by atoms with Crippen LogP contribution in [0.5, 0.6) is 0 Å². The van der Waals surface area contributed by atoms with E-state index in [0.717, 1.165) is 31.2 Å². The summed E-state index contributed by atoms with van der Waals surface area (Å²) in [6.45, 7) is 3.27. The van der Waals surface area contributed by atoms with Crippen LogP contribution in [-0.2, 0) is 11.3 Å². The van der Waals surface area contributed by atoms with Gasteiger partial charge in [-0.05, 0) is 61.1 Å². The SMILES string of the molecule is CSc1nc(NCC(C)c2ccccc2)nc(NC2CCC(C(=O)NCc3ccc(C(=O)O)cc3)CC2)n1. The zero-order valence-electron chi connectivity index (χ0n) is 21.7. The number of carbonyl (C=O) groups is 2. The highest BCUT2D eigenvalue weighted by molar-refractivity contribution is 7.98. The Morgan fingerprint density at radius 1 is 0.974 bits per heavy atom. The van der Waals surface area contributed by atoms with Gasteiger partial charge < -0.3 is 21.1 Å². The van der Waals surface area contributed by atoms with Crippen LogP contribution in [0.1, 0.15) is 60.0 Å². The first-order chi connectivity index (χ1) is 18.4. The fraction of sp³-hybridized carbons (Fsp3) is 0.393. The predicted molar refractivity (Wildman–Crippen MR) is 150 cm³/mol. The number of aromatic carboxylic acids is 1. The van der Waals surface area contributed by atoms with E-state index in [2.05, 4.69) is 50.0 Å². The number of nitrogens with one attached hydrogen (secondary N) is 3. The number of amides is 1. The maximum atomic E-state index is 12.7. The number of carboxylic acids is 1. The molecule has 2 aromatic carbocycles. The topological polar surface area (TPSA) is 129 Å². The van der Waals surface area contributed by atoms with Gasteiger partial charge in [-0.15, -0.1) is 0 Å². The molecule has 0 radical (unpaired) electrons. The standard InChI is InChI=1S/C28H34N6O3S/c1-18(20-6-4-3-5-7-20)16-30-26-32-27(34-28(33-26)38-2)31-23-14-12-21(13-15-23)24(35)29-17-19-8-10-22(11-9-19)25(36)37/h3-11,18,21,23H,12-17H2,1-2H3,(H,29,35)(H,36,37)(H2,30,31,32,33,34). The fourth-order valence-corrected chi connectivity index (χ4v) is 4.87. The van der Waals surface area contributed by atoms with Crippen molar-refractivity contribution in [2.45, 2.75) is 56.3 Å². The molecular weight excluding hydrogens is 500 g/mol. The van der Waals surface area contributed by atoms with Crippen LogP contribution >= 0.6 is 11.8 Å². The highest BCUT2D eigenvalue weighted by Crippen LogP contribution is 2.27. The average Bonchev–Trinajstić information content (AvgIpc) is 2.95. The van der Waals surface area contributed by atoms with Crippen LogP contribution in [0.25, 0.3) is 0 Å². The monoisotopic (exact) mass is 534 g/mol. The maximum absolute atomic E-state index is 12.7. The number of benzene rings is 2. The second-order valence-corrected chi connectivity index (χ2v) is 10.3. The lowest BCUT2D eigenvalue weighted by molar-refractivity contribution is -0.126. The average molecular weight is 535 g/mol. The Hall–Kier alpha value is -3.66. The molecule has 1 heterocycles. The molecular formula is C28H34N6O3S. The van der Waals surface area contributed by atoms with Crippen LogP contribution in [0, 0.1) is 5.92 Å². The quantitative estimate of drug-likeness (QED) is 0.257. The molecule has 0 spiro atoms. The summed E-state index contributed by atoms with van der Waals surface area (Å²) in [5.74, 6) is 0.458. The lowest BCUT2D eigenvalue weighted by Gasteiger charge is -2.28. The molecule has 10 heteroatoms. The first-order valence-corrected chi connectivity index (χ1v) is 14.1. The van der Waals surface area contributed by atoms with E-state index in [4.69, 9.17) is 5.11 Å². The number of rotatable bonds is 11. The second kappa shape index (κ2) is 13.2. The molecule has 3 aromatic rings. The Balaban J connectivity index is 1.26. The molecule has 9 nitrogen and oxygen atoms in total. The lowest BCUT2D eigenvalue weighted by atomic mass is 9.85. The number of aromatic nitrogens is 3. The van der Waals surface area contributed by atoms with Gasteiger partial charge in [0.2, 0.25) is 17.8 Å². The fourth-order valence-electron chi connectivity index (χ4n) is 4.52. The molecule has 1 aliphatic carbocycles. The van der Waals surface area contributed by atoms with Gasteiger partial charge in [0.1, 0.15) is 0 Å². The van der Waals surface area contributed by atoms with E-state index in [1.54, 1.807) is 24.3 Å². The number of carboxylic acid groups (broad SMARTS) is 1. The van der Waals surface area contributed by atoms with Crippen LogP contribution in [0.15, 0.2) is 59.8 Å². The summed E-state index contributed by atoms with van der Waals surface area (Å²) < 4.78 is 0. The van der Waals surface area contributed by atoms with Crippen LogP contribution in [-0.4, -0.2) is 50.8 Å². The molecule has 38 heavy (non-hydrogen) atoms. The van der Waals surface area contributed by atoms with Crippen molar-refractivity contribution in [2.75, 3.05) is 23.4 Å². The Bertz CT molecular complexity index is 1220. The number of hydrogen-bond acceptors (Lipinski definition) is 8. The summed E-state index contributed by atoms with van der Waals surface area (Å²) in [5.41, 5.74) is 2.37. The molecule has 1 fully saturated rings. The number of nitrogens with zero attached hydrogens (tertiary/aromatic N) is 3. The van der Waals surface area contributed by atoms with E-state index < -0.39 is 5.97 Å². The number of carbonyl (C=O) groups excluding carboxylic acids is 1. The molecule has 1 aliphatic rings. The first-order valence-electron chi connectivity index (χ1n) is 12.9. The van der Waals surface area contributed by atoms with Crippen LogP contribution in [0.4, 0.5) is 11.9 Å².